The minimum atomic E-state index is -0.0582. The summed E-state index contributed by atoms with van der Waals surface area (Å²) in [5.74, 6) is 3.72. The molecule has 3 aromatic rings. The van der Waals surface area contributed by atoms with Crippen molar-refractivity contribution in [3.63, 3.8) is 0 Å². The number of anilines is 1. The van der Waals surface area contributed by atoms with Gasteiger partial charge in [0.2, 0.25) is 5.91 Å². The lowest BCUT2D eigenvalue weighted by atomic mass is 10.2. The first-order valence-corrected chi connectivity index (χ1v) is 8.63. The van der Waals surface area contributed by atoms with Gasteiger partial charge in [0.25, 0.3) is 0 Å². The largest absolute Gasteiger partial charge is 0.341 e. The number of rotatable bonds is 5. The molecule has 3 rings (SSSR count). The SMILES string of the molecule is C#Cc1cccc(NC(=O)CSC(C)c2nc3ccccc3[nH]2)c1. The molecule has 0 saturated carbocycles. The summed E-state index contributed by atoms with van der Waals surface area (Å²) in [6.07, 6.45) is 5.37. The Morgan fingerprint density at radius 3 is 2.96 bits per heavy atom. The quantitative estimate of drug-likeness (QED) is 0.694. The van der Waals surface area contributed by atoms with Crippen molar-refractivity contribution in [1.82, 2.24) is 9.97 Å². The molecule has 1 unspecified atom stereocenters. The van der Waals surface area contributed by atoms with Crippen molar-refractivity contribution in [2.24, 2.45) is 0 Å². The molecule has 4 nitrogen and oxygen atoms in total. The van der Waals surface area contributed by atoms with Gasteiger partial charge >= 0.3 is 0 Å². The number of para-hydroxylation sites is 2. The van der Waals surface area contributed by atoms with Crippen molar-refractivity contribution in [1.29, 1.82) is 0 Å². The Labute approximate surface area is 145 Å². The summed E-state index contributed by atoms with van der Waals surface area (Å²) in [5, 5.41) is 2.96. The average Bonchev–Trinajstić information content (AvgIpc) is 3.04. The van der Waals surface area contributed by atoms with Gasteiger partial charge in [0, 0.05) is 11.3 Å². The van der Waals surface area contributed by atoms with Gasteiger partial charge in [-0.1, -0.05) is 24.1 Å². The number of nitrogens with zero attached hydrogens (tertiary/aromatic N) is 1. The minimum absolute atomic E-state index is 0.0582. The highest BCUT2D eigenvalue weighted by molar-refractivity contribution is 8.00. The highest BCUT2D eigenvalue weighted by Crippen LogP contribution is 2.27. The van der Waals surface area contributed by atoms with Crippen molar-refractivity contribution in [3.05, 3.63) is 59.9 Å². The molecular formula is C19H17N3OS. The predicted octanol–water partition coefficient (Wildman–Crippen LogP) is 3.98. The standard InChI is InChI=1S/C19H17N3OS/c1-3-14-7-6-8-15(11-14)20-18(23)12-24-13(2)19-21-16-9-4-5-10-17(16)22-19/h1,4-11,13H,12H2,2H3,(H,20,23)(H,21,22). The number of fused-ring (bicyclic) bond motifs is 1. The van der Waals surface area contributed by atoms with Gasteiger partial charge in [-0.05, 0) is 37.3 Å². The summed E-state index contributed by atoms with van der Waals surface area (Å²) >= 11 is 1.54. The van der Waals surface area contributed by atoms with E-state index in [1.165, 1.54) is 11.8 Å². The Bertz CT molecular complexity index is 877. The molecule has 5 heteroatoms. The van der Waals surface area contributed by atoms with E-state index in [9.17, 15) is 4.79 Å². The molecule has 0 fully saturated rings. The number of nitrogens with one attached hydrogen (secondary N) is 2. The molecule has 1 heterocycles. The van der Waals surface area contributed by atoms with Crippen LogP contribution in [0.2, 0.25) is 0 Å². The van der Waals surface area contributed by atoms with Crippen LogP contribution in [0.1, 0.15) is 23.6 Å². The topological polar surface area (TPSA) is 57.8 Å². The van der Waals surface area contributed by atoms with Crippen LogP contribution in [0.15, 0.2) is 48.5 Å². The zero-order chi connectivity index (χ0) is 16.9. The fourth-order valence-electron chi connectivity index (χ4n) is 2.33. The van der Waals surface area contributed by atoms with Crippen LogP contribution in [0.3, 0.4) is 0 Å². The second-order valence-corrected chi connectivity index (χ2v) is 6.69. The number of thioether (sulfide) groups is 1. The normalized spacial score (nSPS) is 11.8. The van der Waals surface area contributed by atoms with Crippen molar-refractivity contribution >= 4 is 34.4 Å². The van der Waals surface area contributed by atoms with E-state index in [0.717, 1.165) is 22.4 Å². The number of aromatic nitrogens is 2. The van der Waals surface area contributed by atoms with E-state index >= 15 is 0 Å². The Kier molecular flexibility index (Phi) is 4.88. The number of amides is 1. The molecule has 1 atom stereocenters. The van der Waals surface area contributed by atoms with E-state index in [-0.39, 0.29) is 11.2 Å². The van der Waals surface area contributed by atoms with E-state index in [1.807, 2.05) is 49.4 Å². The number of terminal acetylenes is 1. The average molecular weight is 335 g/mol. The first kappa shape index (κ1) is 16.2. The first-order chi connectivity index (χ1) is 11.7. The Morgan fingerprint density at radius 2 is 2.17 bits per heavy atom. The number of benzene rings is 2. The maximum absolute atomic E-state index is 12.1. The second-order valence-electron chi connectivity index (χ2n) is 5.37. The van der Waals surface area contributed by atoms with Crippen molar-refractivity contribution < 1.29 is 4.79 Å². The third kappa shape index (κ3) is 3.79. The van der Waals surface area contributed by atoms with E-state index in [4.69, 9.17) is 6.42 Å². The van der Waals surface area contributed by atoms with E-state index in [2.05, 4.69) is 21.2 Å². The lowest BCUT2D eigenvalue weighted by molar-refractivity contribution is -0.113. The lowest BCUT2D eigenvalue weighted by Crippen LogP contribution is -2.14. The molecule has 0 aliphatic rings. The fraction of sp³-hybridized carbons (Fsp3) is 0.158. The molecule has 1 amide bonds. The minimum Gasteiger partial charge on any atom is -0.341 e. The molecule has 2 aromatic carbocycles. The zero-order valence-corrected chi connectivity index (χ0v) is 14.1. The molecule has 24 heavy (non-hydrogen) atoms. The van der Waals surface area contributed by atoms with Crippen molar-refractivity contribution in [3.8, 4) is 12.3 Å². The van der Waals surface area contributed by atoms with E-state index < -0.39 is 0 Å². The van der Waals surface area contributed by atoms with Gasteiger partial charge in [-0.3, -0.25) is 4.79 Å². The highest BCUT2D eigenvalue weighted by atomic mass is 32.2. The summed E-state index contributed by atoms with van der Waals surface area (Å²) < 4.78 is 0. The predicted molar refractivity (Wildman–Crippen MR) is 100.0 cm³/mol. The third-order valence-corrected chi connectivity index (χ3v) is 4.72. The van der Waals surface area contributed by atoms with Crippen LogP contribution in [-0.2, 0) is 4.79 Å². The molecule has 0 radical (unpaired) electrons. The lowest BCUT2D eigenvalue weighted by Gasteiger charge is -2.09. The summed E-state index contributed by atoms with van der Waals surface area (Å²) in [6.45, 7) is 2.04. The van der Waals surface area contributed by atoms with Gasteiger partial charge in [-0.2, -0.15) is 0 Å². The van der Waals surface area contributed by atoms with E-state index in [0.29, 0.717) is 11.4 Å². The molecule has 1 aromatic heterocycles. The van der Waals surface area contributed by atoms with Gasteiger partial charge in [0.05, 0.1) is 22.0 Å². The van der Waals surface area contributed by atoms with Crippen LogP contribution < -0.4 is 5.32 Å². The van der Waals surface area contributed by atoms with E-state index in [1.54, 1.807) is 6.07 Å². The van der Waals surface area contributed by atoms with Crippen LogP contribution >= 0.6 is 11.8 Å². The van der Waals surface area contributed by atoms with Gasteiger partial charge in [0.1, 0.15) is 5.82 Å². The molecule has 0 aliphatic carbocycles. The number of carbonyl (C=O) groups excluding carboxylic acids is 1. The van der Waals surface area contributed by atoms with Crippen LogP contribution in [0.4, 0.5) is 5.69 Å². The monoisotopic (exact) mass is 335 g/mol. The number of hydrogen-bond donors (Lipinski definition) is 2. The molecule has 0 aliphatic heterocycles. The van der Waals surface area contributed by atoms with Crippen molar-refractivity contribution in [2.45, 2.75) is 12.2 Å². The van der Waals surface area contributed by atoms with Gasteiger partial charge in [0.15, 0.2) is 0 Å². The van der Waals surface area contributed by atoms with Crippen molar-refractivity contribution in [2.75, 3.05) is 11.1 Å². The Hall–Kier alpha value is -2.71. The number of H-pyrrole nitrogens is 1. The number of carbonyl (C=O) groups is 1. The number of imidazole rings is 1. The molecule has 0 saturated heterocycles. The molecule has 0 spiro atoms. The van der Waals surface area contributed by atoms with Gasteiger partial charge < -0.3 is 10.3 Å². The van der Waals surface area contributed by atoms with Gasteiger partial charge in [-0.15, -0.1) is 18.2 Å². The van der Waals surface area contributed by atoms with Gasteiger partial charge in [-0.25, -0.2) is 4.98 Å². The molecular weight excluding hydrogens is 318 g/mol. The van der Waals surface area contributed by atoms with Crippen LogP contribution in [0.5, 0.6) is 0 Å². The summed E-state index contributed by atoms with van der Waals surface area (Å²) in [4.78, 5) is 20.0. The maximum Gasteiger partial charge on any atom is 0.234 e. The molecule has 120 valence electrons. The van der Waals surface area contributed by atoms with Crippen LogP contribution in [0, 0.1) is 12.3 Å². The molecule has 2 N–H and O–H groups in total. The maximum atomic E-state index is 12.1. The number of aromatic amines is 1. The summed E-state index contributed by atoms with van der Waals surface area (Å²) in [6, 6.07) is 15.2. The smallest absolute Gasteiger partial charge is 0.234 e. The van der Waals surface area contributed by atoms with Crippen LogP contribution in [-0.4, -0.2) is 21.6 Å². The fourth-order valence-corrected chi connectivity index (χ4v) is 3.07. The first-order valence-electron chi connectivity index (χ1n) is 7.58. The Balaban J connectivity index is 1.58. The number of hydrogen-bond acceptors (Lipinski definition) is 3. The Morgan fingerprint density at radius 1 is 1.33 bits per heavy atom. The zero-order valence-electron chi connectivity index (χ0n) is 13.2. The third-order valence-electron chi connectivity index (χ3n) is 3.57. The summed E-state index contributed by atoms with van der Waals surface area (Å²) in [7, 11) is 0. The van der Waals surface area contributed by atoms with Crippen LogP contribution in [0.25, 0.3) is 11.0 Å². The molecule has 0 bridgehead atoms. The summed E-state index contributed by atoms with van der Waals surface area (Å²) in [5.41, 5.74) is 3.41. The second kappa shape index (κ2) is 7.24. The highest BCUT2D eigenvalue weighted by Gasteiger charge is 2.13.